The van der Waals surface area contributed by atoms with Crippen LogP contribution in [-0.4, -0.2) is 63.1 Å². The van der Waals surface area contributed by atoms with E-state index < -0.39 is 0 Å². The smallest absolute Gasteiger partial charge is 0.257 e. The first-order chi connectivity index (χ1) is 19.1. The Kier molecular flexibility index (Phi) is 7.06. The van der Waals surface area contributed by atoms with E-state index in [1.54, 1.807) is 24.4 Å². The zero-order chi connectivity index (χ0) is 26.8. The largest absolute Gasteiger partial charge is 0.359 e. The molecular formula is C30H30FN5O3. The van der Waals surface area contributed by atoms with Gasteiger partial charge in [-0.15, -0.1) is 0 Å². The van der Waals surface area contributed by atoms with Crippen LogP contribution in [0, 0.1) is 5.82 Å². The number of nitrogens with zero attached hydrogens (tertiary/aromatic N) is 5. The third-order valence-electron chi connectivity index (χ3n) is 7.91. The number of hydrogen-bond donors (Lipinski definition) is 0. The molecule has 6 rings (SSSR count). The highest BCUT2D eigenvalue weighted by molar-refractivity contribution is 5.95. The predicted octanol–water partition coefficient (Wildman–Crippen LogP) is 4.82. The molecular weight excluding hydrogens is 497 g/mol. The van der Waals surface area contributed by atoms with E-state index in [0.29, 0.717) is 48.9 Å². The number of rotatable bonds is 7. The summed E-state index contributed by atoms with van der Waals surface area (Å²) >= 11 is 0. The van der Waals surface area contributed by atoms with Gasteiger partial charge in [-0.3, -0.25) is 14.5 Å². The Balaban J connectivity index is 1.23. The van der Waals surface area contributed by atoms with Gasteiger partial charge in [-0.1, -0.05) is 35.5 Å². The van der Waals surface area contributed by atoms with Gasteiger partial charge >= 0.3 is 0 Å². The lowest BCUT2D eigenvalue weighted by Crippen LogP contribution is -2.34. The molecule has 8 nitrogen and oxygen atoms in total. The molecule has 9 heteroatoms. The van der Waals surface area contributed by atoms with Crippen molar-refractivity contribution in [2.45, 2.75) is 37.6 Å². The van der Waals surface area contributed by atoms with Crippen molar-refractivity contribution in [1.82, 2.24) is 24.7 Å². The first kappa shape index (κ1) is 25.2. The number of amides is 1. The van der Waals surface area contributed by atoms with Crippen molar-refractivity contribution in [2.75, 3.05) is 26.2 Å². The molecule has 0 saturated carbocycles. The van der Waals surface area contributed by atoms with Crippen LogP contribution in [0.15, 0.2) is 71.4 Å². The molecule has 1 amide bonds. The minimum absolute atomic E-state index is 0.00211. The topological polar surface area (TPSA) is 84.5 Å². The Morgan fingerprint density at radius 1 is 1.00 bits per heavy atom. The van der Waals surface area contributed by atoms with E-state index in [0.717, 1.165) is 43.7 Å². The van der Waals surface area contributed by atoms with Gasteiger partial charge in [0.15, 0.2) is 12.0 Å². The fourth-order valence-electron chi connectivity index (χ4n) is 5.86. The Labute approximate surface area is 226 Å². The average Bonchev–Trinajstić information content (AvgIpc) is 3.74. The molecule has 200 valence electrons. The van der Waals surface area contributed by atoms with Crippen molar-refractivity contribution in [1.29, 1.82) is 0 Å². The van der Waals surface area contributed by atoms with E-state index in [-0.39, 0.29) is 17.6 Å². The van der Waals surface area contributed by atoms with Crippen LogP contribution in [0.25, 0.3) is 5.69 Å². The van der Waals surface area contributed by atoms with Crippen molar-refractivity contribution in [3.63, 3.8) is 0 Å². The lowest BCUT2D eigenvalue weighted by atomic mass is 9.90. The highest BCUT2D eigenvalue weighted by atomic mass is 19.1. The quantitative estimate of drug-likeness (QED) is 0.321. The number of carbonyl (C=O) groups excluding carboxylic acids is 2. The summed E-state index contributed by atoms with van der Waals surface area (Å²) in [6.07, 6.45) is 4.95. The van der Waals surface area contributed by atoms with Crippen LogP contribution in [0.5, 0.6) is 0 Å². The molecule has 4 heterocycles. The molecule has 2 aromatic heterocycles. The number of likely N-dealkylation sites (tertiary alicyclic amines) is 2. The second-order valence-corrected chi connectivity index (χ2v) is 10.4. The van der Waals surface area contributed by atoms with Gasteiger partial charge < -0.3 is 9.42 Å². The minimum Gasteiger partial charge on any atom is -0.359 e. The van der Waals surface area contributed by atoms with Crippen molar-refractivity contribution >= 4 is 12.2 Å². The summed E-state index contributed by atoms with van der Waals surface area (Å²) in [6, 6.07) is 18.2. The van der Waals surface area contributed by atoms with Crippen LogP contribution < -0.4 is 0 Å². The van der Waals surface area contributed by atoms with Crippen molar-refractivity contribution < 1.29 is 18.5 Å². The molecule has 0 bridgehead atoms. The number of carbonyl (C=O) groups is 2. The molecule has 2 aliphatic heterocycles. The third kappa shape index (κ3) is 5.27. The first-order valence-corrected chi connectivity index (χ1v) is 13.4. The highest BCUT2D eigenvalue weighted by Crippen LogP contribution is 2.35. The predicted molar refractivity (Wildman–Crippen MR) is 142 cm³/mol. The molecule has 0 unspecified atom stereocenters. The van der Waals surface area contributed by atoms with Gasteiger partial charge in [0.25, 0.3) is 5.91 Å². The van der Waals surface area contributed by atoms with Crippen molar-refractivity contribution in [3.8, 4) is 5.69 Å². The fraction of sp³-hybridized carbons (Fsp3) is 0.333. The molecule has 2 saturated heterocycles. The molecule has 2 aliphatic rings. The highest BCUT2D eigenvalue weighted by Gasteiger charge is 2.34. The van der Waals surface area contributed by atoms with Gasteiger partial charge in [-0.2, -0.15) is 5.10 Å². The van der Waals surface area contributed by atoms with E-state index in [4.69, 9.17) is 4.52 Å². The van der Waals surface area contributed by atoms with Gasteiger partial charge in [0.05, 0.1) is 29.7 Å². The van der Waals surface area contributed by atoms with Gasteiger partial charge in [0.1, 0.15) is 11.5 Å². The van der Waals surface area contributed by atoms with Crippen LogP contribution in [-0.2, 0) is 6.54 Å². The van der Waals surface area contributed by atoms with E-state index in [1.165, 1.54) is 17.7 Å². The molecule has 0 spiro atoms. The number of aldehydes is 1. The third-order valence-corrected chi connectivity index (χ3v) is 7.91. The van der Waals surface area contributed by atoms with Gasteiger partial charge in [-0.25, -0.2) is 9.07 Å². The molecule has 2 aromatic carbocycles. The summed E-state index contributed by atoms with van der Waals surface area (Å²) in [4.78, 5) is 29.0. The second-order valence-electron chi connectivity index (χ2n) is 10.4. The summed E-state index contributed by atoms with van der Waals surface area (Å²) in [5, 5.41) is 8.39. The summed E-state index contributed by atoms with van der Waals surface area (Å²) in [7, 11) is 0. The van der Waals surface area contributed by atoms with Crippen LogP contribution in [0.4, 0.5) is 4.39 Å². The molecule has 0 N–H and O–H groups in total. The Hall–Kier alpha value is -4.11. The van der Waals surface area contributed by atoms with Crippen molar-refractivity contribution in [3.05, 3.63) is 101 Å². The summed E-state index contributed by atoms with van der Waals surface area (Å²) in [5.74, 6) is 0.781. The normalized spacial score (nSPS) is 18.5. The minimum atomic E-state index is -0.314. The Bertz CT molecular complexity index is 1440. The zero-order valence-corrected chi connectivity index (χ0v) is 21.6. The van der Waals surface area contributed by atoms with Gasteiger partial charge in [-0.05, 0) is 62.2 Å². The van der Waals surface area contributed by atoms with E-state index in [9.17, 15) is 14.0 Å². The number of aromatic nitrogens is 3. The zero-order valence-electron chi connectivity index (χ0n) is 21.6. The van der Waals surface area contributed by atoms with E-state index in [2.05, 4.69) is 27.3 Å². The number of benzene rings is 2. The van der Waals surface area contributed by atoms with Crippen LogP contribution in [0.1, 0.15) is 69.0 Å². The molecule has 2 fully saturated rings. The molecule has 0 aliphatic carbocycles. The summed E-state index contributed by atoms with van der Waals surface area (Å²) in [6.45, 7) is 3.55. The van der Waals surface area contributed by atoms with Crippen LogP contribution in [0.3, 0.4) is 0 Å². The molecule has 0 radical (unpaired) electrons. The van der Waals surface area contributed by atoms with Crippen LogP contribution >= 0.6 is 0 Å². The monoisotopic (exact) mass is 527 g/mol. The maximum Gasteiger partial charge on any atom is 0.257 e. The maximum atomic E-state index is 13.9. The Morgan fingerprint density at radius 3 is 2.46 bits per heavy atom. The molecule has 1 atom stereocenters. The van der Waals surface area contributed by atoms with Crippen molar-refractivity contribution in [2.24, 2.45) is 0 Å². The molecule has 4 aromatic rings. The lowest BCUT2D eigenvalue weighted by molar-refractivity contribution is 0.0788. The number of hydrogen-bond acceptors (Lipinski definition) is 6. The average molecular weight is 528 g/mol. The summed E-state index contributed by atoms with van der Waals surface area (Å²) < 4.78 is 20.8. The first-order valence-electron chi connectivity index (χ1n) is 13.4. The maximum absolute atomic E-state index is 13.9. The Morgan fingerprint density at radius 2 is 1.74 bits per heavy atom. The van der Waals surface area contributed by atoms with E-state index in [1.807, 2.05) is 27.8 Å². The fourth-order valence-corrected chi connectivity index (χ4v) is 5.86. The molecule has 39 heavy (non-hydrogen) atoms. The SMILES string of the molecule is O=Cc1cc(CN2CCC(c3c(C(=O)N4CC[C@H](c5ccccc5)C4)cnn3-c3ccc(F)cc3)CC2)on1. The standard InChI is InChI=1S/C30H30FN5O3/c31-24-6-8-26(9-7-24)36-29(22-10-13-34(14-11-22)19-27-16-25(20-37)33-39-27)28(17-32-36)30(38)35-15-12-23(18-35)21-4-2-1-3-5-21/h1-9,16-17,20,22-23H,10-15,18-19H2/t23-/m0/s1. The number of halogens is 1. The lowest BCUT2D eigenvalue weighted by Gasteiger charge is -2.32. The number of piperidine rings is 1. The van der Waals surface area contributed by atoms with E-state index >= 15 is 0 Å². The second kappa shape index (κ2) is 10.9. The summed E-state index contributed by atoms with van der Waals surface area (Å²) in [5.41, 5.74) is 3.80. The van der Waals surface area contributed by atoms with Gasteiger partial charge in [0, 0.05) is 31.0 Å². The van der Waals surface area contributed by atoms with Crippen LogP contribution in [0.2, 0.25) is 0 Å². The van der Waals surface area contributed by atoms with Gasteiger partial charge in [0.2, 0.25) is 0 Å².